The lowest BCUT2D eigenvalue weighted by Crippen LogP contribution is -2.32. The number of carbonyl (C=O) groups is 1. The van der Waals surface area contributed by atoms with E-state index < -0.39 is 15.9 Å². The molecule has 166 valence electrons. The first-order valence-electron chi connectivity index (χ1n) is 10.1. The van der Waals surface area contributed by atoms with Crippen molar-refractivity contribution in [2.75, 3.05) is 0 Å². The number of halogens is 2. The summed E-state index contributed by atoms with van der Waals surface area (Å²) in [6, 6.07) is 17.1. The van der Waals surface area contributed by atoms with Crippen molar-refractivity contribution in [1.82, 2.24) is 4.90 Å². The Labute approximate surface area is 191 Å². The summed E-state index contributed by atoms with van der Waals surface area (Å²) in [4.78, 5) is 14.6. The van der Waals surface area contributed by atoms with E-state index in [0.29, 0.717) is 17.7 Å². The molecule has 1 aliphatic carbocycles. The number of carbonyl (C=O) groups excluding carboxylic acids is 1. The van der Waals surface area contributed by atoms with Gasteiger partial charge in [0.1, 0.15) is 16.5 Å². The molecule has 1 fully saturated rings. The molecule has 0 bridgehead atoms. The van der Waals surface area contributed by atoms with Gasteiger partial charge in [-0.3, -0.25) is 4.79 Å². The largest absolute Gasteiger partial charge is 0.379 e. The summed E-state index contributed by atoms with van der Waals surface area (Å²) in [5, 5.41) is 0.0950. The lowest BCUT2D eigenvalue weighted by molar-refractivity contribution is 0.0729. The Bertz CT molecular complexity index is 1240. The van der Waals surface area contributed by atoms with Crippen molar-refractivity contribution in [1.29, 1.82) is 0 Å². The van der Waals surface area contributed by atoms with Gasteiger partial charge in [0, 0.05) is 18.2 Å². The van der Waals surface area contributed by atoms with Crippen molar-refractivity contribution in [2.24, 2.45) is 0 Å². The quantitative estimate of drug-likeness (QED) is 0.433. The van der Waals surface area contributed by atoms with E-state index in [-0.39, 0.29) is 27.6 Å². The Balaban J connectivity index is 1.50. The van der Waals surface area contributed by atoms with E-state index in [2.05, 4.69) is 0 Å². The minimum absolute atomic E-state index is 0.0636. The average Bonchev–Trinajstić information content (AvgIpc) is 3.57. The minimum Gasteiger partial charge on any atom is -0.379 e. The fraction of sp³-hybridized carbons (Fsp3) is 0.208. The van der Waals surface area contributed by atoms with Crippen LogP contribution >= 0.6 is 11.6 Å². The maximum atomic E-state index is 13.5. The van der Waals surface area contributed by atoms with Gasteiger partial charge in [0.2, 0.25) is 0 Å². The number of aryl methyl sites for hydroxylation is 1. The van der Waals surface area contributed by atoms with Crippen molar-refractivity contribution in [3.05, 3.63) is 94.3 Å². The number of nitrogens with zero attached hydrogens (tertiary/aromatic N) is 1. The van der Waals surface area contributed by atoms with Crippen LogP contribution in [0.4, 0.5) is 4.39 Å². The van der Waals surface area contributed by atoms with Gasteiger partial charge >= 0.3 is 10.1 Å². The minimum atomic E-state index is -4.10. The Hall–Kier alpha value is -2.90. The van der Waals surface area contributed by atoms with Crippen molar-refractivity contribution < 1.29 is 21.8 Å². The average molecular weight is 474 g/mol. The molecule has 1 saturated carbocycles. The van der Waals surface area contributed by atoms with Crippen LogP contribution in [0.25, 0.3) is 0 Å². The molecule has 0 atom stereocenters. The standard InChI is InChI=1S/C24H21ClFNO4S/c1-16-4-2-7-22(25)23(16)32(29,30)31-21-12-8-17(9-13-21)15-27(20-10-11-20)24(28)18-5-3-6-19(26)14-18/h2-9,12-14,20H,10-11,15H2,1H3. The number of rotatable bonds is 7. The third kappa shape index (κ3) is 4.95. The van der Waals surface area contributed by atoms with E-state index in [1.807, 2.05) is 0 Å². The predicted octanol–water partition coefficient (Wildman–Crippen LogP) is 5.36. The Morgan fingerprint density at radius 3 is 2.41 bits per heavy atom. The number of hydrogen-bond donors (Lipinski definition) is 0. The van der Waals surface area contributed by atoms with Gasteiger partial charge in [-0.25, -0.2) is 4.39 Å². The van der Waals surface area contributed by atoms with Crippen LogP contribution < -0.4 is 4.18 Å². The van der Waals surface area contributed by atoms with Crippen LogP contribution in [-0.4, -0.2) is 25.3 Å². The first-order valence-corrected chi connectivity index (χ1v) is 11.9. The molecule has 0 unspecified atom stereocenters. The second-order valence-corrected chi connectivity index (χ2v) is 9.63. The van der Waals surface area contributed by atoms with E-state index in [9.17, 15) is 17.6 Å². The highest BCUT2D eigenvalue weighted by Gasteiger charge is 2.33. The molecule has 0 heterocycles. The second-order valence-electron chi connectivity index (χ2n) is 7.74. The lowest BCUT2D eigenvalue weighted by Gasteiger charge is -2.23. The molecule has 0 aromatic heterocycles. The van der Waals surface area contributed by atoms with Gasteiger partial charge in [-0.15, -0.1) is 0 Å². The summed E-state index contributed by atoms with van der Waals surface area (Å²) in [5.74, 6) is -0.547. The summed E-state index contributed by atoms with van der Waals surface area (Å²) in [7, 11) is -4.10. The van der Waals surface area contributed by atoms with Gasteiger partial charge < -0.3 is 9.08 Å². The topological polar surface area (TPSA) is 63.7 Å². The Morgan fingerprint density at radius 1 is 1.09 bits per heavy atom. The number of amides is 1. The van der Waals surface area contributed by atoms with Crippen molar-refractivity contribution in [3.8, 4) is 5.75 Å². The summed E-state index contributed by atoms with van der Waals surface area (Å²) in [6.45, 7) is 1.98. The SMILES string of the molecule is Cc1cccc(Cl)c1S(=O)(=O)Oc1ccc(CN(C(=O)c2cccc(F)c2)C2CC2)cc1. The first kappa shape index (κ1) is 22.3. The summed E-state index contributed by atoms with van der Waals surface area (Å²) >= 11 is 6.07. The molecule has 0 N–H and O–H groups in total. The second kappa shape index (κ2) is 8.92. The van der Waals surface area contributed by atoms with E-state index in [0.717, 1.165) is 18.4 Å². The number of hydrogen-bond acceptors (Lipinski definition) is 4. The smallest absolute Gasteiger partial charge is 0.340 e. The van der Waals surface area contributed by atoms with E-state index >= 15 is 0 Å². The van der Waals surface area contributed by atoms with Gasteiger partial charge in [0.15, 0.2) is 0 Å². The van der Waals surface area contributed by atoms with Crippen LogP contribution in [0.2, 0.25) is 5.02 Å². The van der Waals surface area contributed by atoms with Crippen molar-refractivity contribution in [2.45, 2.75) is 37.2 Å². The molecule has 0 radical (unpaired) electrons. The zero-order chi connectivity index (χ0) is 22.9. The molecular weight excluding hydrogens is 453 g/mol. The zero-order valence-electron chi connectivity index (χ0n) is 17.3. The van der Waals surface area contributed by atoms with Gasteiger partial charge in [-0.05, 0) is 67.3 Å². The lowest BCUT2D eigenvalue weighted by atomic mass is 10.1. The number of benzene rings is 3. The van der Waals surface area contributed by atoms with Crippen LogP contribution in [0.5, 0.6) is 5.75 Å². The summed E-state index contributed by atoms with van der Waals surface area (Å²) in [6.07, 6.45) is 1.80. The normalized spacial score (nSPS) is 13.6. The maximum Gasteiger partial charge on any atom is 0.340 e. The highest BCUT2D eigenvalue weighted by atomic mass is 35.5. The maximum absolute atomic E-state index is 13.5. The van der Waals surface area contributed by atoms with Crippen molar-refractivity contribution in [3.63, 3.8) is 0 Å². The molecule has 8 heteroatoms. The van der Waals surface area contributed by atoms with Crippen molar-refractivity contribution >= 4 is 27.6 Å². The van der Waals surface area contributed by atoms with Crippen LogP contribution in [-0.2, 0) is 16.7 Å². The fourth-order valence-corrected chi connectivity index (χ4v) is 5.21. The summed E-state index contributed by atoms with van der Waals surface area (Å²) < 4.78 is 44.2. The van der Waals surface area contributed by atoms with Crippen LogP contribution in [0, 0.1) is 12.7 Å². The van der Waals surface area contributed by atoms with E-state index in [1.54, 1.807) is 42.2 Å². The predicted molar refractivity (Wildman–Crippen MR) is 120 cm³/mol. The fourth-order valence-electron chi connectivity index (χ4n) is 3.49. The molecule has 4 rings (SSSR count). The van der Waals surface area contributed by atoms with Gasteiger partial charge in [0.25, 0.3) is 5.91 Å². The highest BCUT2D eigenvalue weighted by Crippen LogP contribution is 2.31. The first-order chi connectivity index (χ1) is 15.2. The van der Waals surface area contributed by atoms with E-state index in [4.69, 9.17) is 15.8 Å². The highest BCUT2D eigenvalue weighted by molar-refractivity contribution is 7.87. The third-order valence-electron chi connectivity index (χ3n) is 5.22. The molecule has 32 heavy (non-hydrogen) atoms. The molecule has 3 aromatic rings. The monoisotopic (exact) mass is 473 g/mol. The molecule has 5 nitrogen and oxygen atoms in total. The molecule has 1 amide bonds. The summed E-state index contributed by atoms with van der Waals surface area (Å²) in [5.41, 5.74) is 1.60. The molecule has 0 aliphatic heterocycles. The van der Waals surface area contributed by atoms with Gasteiger partial charge in [-0.1, -0.05) is 41.9 Å². The molecule has 0 saturated heterocycles. The van der Waals surface area contributed by atoms with Gasteiger partial charge in [-0.2, -0.15) is 8.42 Å². The zero-order valence-corrected chi connectivity index (χ0v) is 18.9. The Morgan fingerprint density at radius 2 is 1.78 bits per heavy atom. The molecule has 3 aromatic carbocycles. The van der Waals surface area contributed by atoms with Crippen LogP contribution in [0.15, 0.2) is 71.6 Å². The van der Waals surface area contributed by atoms with E-state index in [1.165, 1.54) is 36.4 Å². The molecular formula is C24H21ClFNO4S. The molecule has 1 aliphatic rings. The molecule has 0 spiro atoms. The van der Waals surface area contributed by atoms with Crippen LogP contribution in [0.1, 0.15) is 34.3 Å². The van der Waals surface area contributed by atoms with Gasteiger partial charge in [0.05, 0.1) is 5.02 Å². The van der Waals surface area contributed by atoms with Crippen LogP contribution in [0.3, 0.4) is 0 Å². The Kier molecular flexibility index (Phi) is 6.22. The third-order valence-corrected chi connectivity index (χ3v) is 7.10.